The molecular formula is C44H66N6O12S. The van der Waals surface area contributed by atoms with Crippen molar-refractivity contribution in [3.05, 3.63) is 47.1 Å². The minimum atomic E-state index is -1.01. The standard InChI is InChI=1S/C44H66N6O12S/c1-25-20-29-37(47-15-17-61-19-18-60-16-14-46-36(52)13-8-7-12-35-38-31(24-63-35)49-44(57)50-38)32(51)23-30(40(29)54)48-42(55)26(2)10-9-11-33(58-5)41(62-43(45)56)28(4)22-27(3)39(53)34(21-25)59-6/h9-11,15,22-23,25,27,31,33-35,38-39,41,51,53-54H,7-8,12-14,16-21,24H2,1-6H3,(H2,45,56)(H,46,52)(H,48,55)(H2,49,50,57)/t25-,27+,31+,33+,34+,35?,38+,39-,41+/m1/s1. The van der Waals surface area contributed by atoms with Crippen LogP contribution in [0.15, 0.2) is 46.5 Å². The number of hydrogen-bond acceptors (Lipinski definition) is 14. The molecule has 350 valence electrons. The van der Waals surface area contributed by atoms with Crippen LogP contribution in [0.3, 0.4) is 0 Å². The Morgan fingerprint density at radius 1 is 1.06 bits per heavy atom. The fraction of sp³-hybridized carbons (Fsp3) is 0.614. The third-order valence-corrected chi connectivity index (χ3v) is 12.7. The van der Waals surface area contributed by atoms with E-state index in [1.807, 2.05) is 18.7 Å². The first-order valence-corrected chi connectivity index (χ1v) is 22.4. The maximum absolute atomic E-state index is 13.3. The maximum Gasteiger partial charge on any atom is 0.405 e. The first-order valence-electron chi connectivity index (χ1n) is 21.4. The molecule has 1 aromatic carbocycles. The van der Waals surface area contributed by atoms with Gasteiger partial charge in [-0.1, -0.05) is 44.6 Å². The van der Waals surface area contributed by atoms with E-state index in [1.54, 1.807) is 39.0 Å². The highest BCUT2D eigenvalue weighted by atomic mass is 32.2. The number of benzene rings is 1. The van der Waals surface area contributed by atoms with Gasteiger partial charge in [0.2, 0.25) is 5.91 Å². The van der Waals surface area contributed by atoms with E-state index in [0.29, 0.717) is 36.8 Å². The second-order valence-electron chi connectivity index (χ2n) is 16.2. The number of amides is 5. The number of primary amides is 1. The van der Waals surface area contributed by atoms with Crippen LogP contribution in [0.2, 0.25) is 0 Å². The van der Waals surface area contributed by atoms with Gasteiger partial charge >= 0.3 is 12.1 Å². The van der Waals surface area contributed by atoms with Crippen molar-refractivity contribution in [2.45, 2.75) is 108 Å². The molecule has 2 fully saturated rings. The van der Waals surface area contributed by atoms with Crippen LogP contribution in [-0.2, 0) is 39.7 Å². The Hall–Kier alpha value is -4.66. The Morgan fingerprint density at radius 2 is 1.83 bits per heavy atom. The number of rotatable bonds is 17. The summed E-state index contributed by atoms with van der Waals surface area (Å²) in [6, 6.07) is 1.49. The molecule has 2 saturated heterocycles. The first kappa shape index (κ1) is 51.0. The summed E-state index contributed by atoms with van der Waals surface area (Å²) in [7, 11) is 2.92. The number of phenols is 2. The zero-order valence-corrected chi connectivity index (χ0v) is 37.9. The van der Waals surface area contributed by atoms with Gasteiger partial charge in [0.05, 0.1) is 56.4 Å². The molecule has 4 rings (SSSR count). The molecule has 0 saturated carbocycles. The van der Waals surface area contributed by atoms with Crippen LogP contribution in [-0.4, -0.2) is 140 Å². The lowest BCUT2D eigenvalue weighted by Gasteiger charge is -2.29. The van der Waals surface area contributed by atoms with Crippen LogP contribution >= 0.6 is 11.8 Å². The van der Waals surface area contributed by atoms with Crippen molar-refractivity contribution in [3.8, 4) is 11.5 Å². The third kappa shape index (κ3) is 15.5. The smallest absolute Gasteiger partial charge is 0.405 e. The number of aromatic hydroxyl groups is 2. The number of phenolic OH excluding ortho intramolecular Hbond substituents is 2. The maximum atomic E-state index is 13.3. The molecular weight excluding hydrogens is 837 g/mol. The van der Waals surface area contributed by atoms with Crippen LogP contribution in [0, 0.1) is 11.8 Å². The van der Waals surface area contributed by atoms with Gasteiger partial charge in [0.1, 0.15) is 23.3 Å². The van der Waals surface area contributed by atoms with E-state index in [1.165, 1.54) is 32.6 Å². The predicted molar refractivity (Wildman–Crippen MR) is 241 cm³/mol. The summed E-state index contributed by atoms with van der Waals surface area (Å²) in [5, 5.41) is 46.0. The van der Waals surface area contributed by atoms with E-state index in [-0.39, 0.29) is 90.2 Å². The van der Waals surface area contributed by atoms with Crippen molar-refractivity contribution in [2.24, 2.45) is 22.6 Å². The van der Waals surface area contributed by atoms with Gasteiger partial charge in [-0.15, -0.1) is 0 Å². The number of nitrogens with two attached hydrogens (primary N) is 1. The molecule has 3 heterocycles. The van der Waals surface area contributed by atoms with E-state index in [9.17, 15) is 34.5 Å². The van der Waals surface area contributed by atoms with Crippen molar-refractivity contribution >= 4 is 53.3 Å². The van der Waals surface area contributed by atoms with Crippen molar-refractivity contribution in [3.63, 3.8) is 0 Å². The molecule has 19 heteroatoms. The van der Waals surface area contributed by atoms with Gasteiger partial charge in [-0.2, -0.15) is 11.8 Å². The molecule has 3 aliphatic heterocycles. The van der Waals surface area contributed by atoms with Crippen molar-refractivity contribution in [1.29, 1.82) is 0 Å². The minimum absolute atomic E-state index is 0.0320. The van der Waals surface area contributed by atoms with Gasteiger partial charge in [0.15, 0.2) is 6.10 Å². The zero-order valence-electron chi connectivity index (χ0n) is 37.1. The number of carbonyl (C=O) groups excluding carboxylic acids is 4. The number of anilines is 1. The number of aliphatic hydroxyl groups excluding tert-OH is 1. The number of carbonyl (C=O) groups is 4. The molecule has 0 radical (unpaired) electrons. The van der Waals surface area contributed by atoms with Crippen LogP contribution in [0.5, 0.6) is 11.5 Å². The number of thioether (sulfide) groups is 1. The average Bonchev–Trinajstić information content (AvgIpc) is 3.80. The van der Waals surface area contributed by atoms with E-state index >= 15 is 0 Å². The molecule has 63 heavy (non-hydrogen) atoms. The molecule has 1 aromatic rings. The summed E-state index contributed by atoms with van der Waals surface area (Å²) in [6.07, 6.45) is 7.05. The lowest BCUT2D eigenvalue weighted by molar-refractivity contribution is -0.121. The topological polar surface area (TPSA) is 262 Å². The van der Waals surface area contributed by atoms with E-state index in [0.717, 1.165) is 25.0 Å². The van der Waals surface area contributed by atoms with Crippen LogP contribution < -0.4 is 27.0 Å². The van der Waals surface area contributed by atoms with Crippen molar-refractivity contribution in [1.82, 2.24) is 16.0 Å². The number of ether oxygens (including phenoxy) is 5. The lowest BCUT2D eigenvalue weighted by atomic mass is 9.87. The van der Waals surface area contributed by atoms with Crippen molar-refractivity contribution in [2.75, 3.05) is 58.3 Å². The number of unbranched alkanes of at least 4 members (excludes halogenated alkanes) is 1. The molecule has 3 aliphatic rings. The van der Waals surface area contributed by atoms with Gasteiger partial charge in [-0.25, -0.2) is 9.59 Å². The second kappa shape index (κ2) is 25.6. The molecule has 9 atom stereocenters. The highest BCUT2D eigenvalue weighted by molar-refractivity contribution is 8.00. The molecule has 9 N–H and O–H groups in total. The Kier molecular flexibility index (Phi) is 20.7. The number of allylic oxidation sites excluding steroid dienone is 2. The largest absolute Gasteiger partial charge is 0.506 e. The van der Waals surface area contributed by atoms with Gasteiger partial charge in [-0.3, -0.25) is 14.6 Å². The highest BCUT2D eigenvalue weighted by Crippen LogP contribution is 2.44. The number of nitrogens with zero attached hydrogens (tertiary/aromatic N) is 1. The fourth-order valence-electron chi connectivity index (χ4n) is 7.85. The van der Waals surface area contributed by atoms with Crippen LogP contribution in [0.1, 0.15) is 65.4 Å². The highest BCUT2D eigenvalue weighted by Gasteiger charge is 2.42. The summed E-state index contributed by atoms with van der Waals surface area (Å²) in [5.74, 6) is -0.963. The second-order valence-corrected chi connectivity index (χ2v) is 17.4. The number of methoxy groups -OCH3 is 2. The Bertz CT molecular complexity index is 1840. The molecule has 0 aromatic heterocycles. The average molecular weight is 903 g/mol. The van der Waals surface area contributed by atoms with Gasteiger partial charge in [0.25, 0.3) is 5.91 Å². The first-order chi connectivity index (χ1) is 30.1. The lowest BCUT2D eigenvalue weighted by Crippen LogP contribution is -2.37. The summed E-state index contributed by atoms with van der Waals surface area (Å²) < 4.78 is 28.0. The van der Waals surface area contributed by atoms with E-state index in [2.05, 4.69) is 26.3 Å². The van der Waals surface area contributed by atoms with Crippen LogP contribution in [0.4, 0.5) is 21.0 Å². The monoisotopic (exact) mass is 902 g/mol. The number of hydrogen-bond donors (Lipinski definition) is 8. The Balaban J connectivity index is 1.33. The van der Waals surface area contributed by atoms with E-state index < -0.39 is 42.3 Å². The zero-order chi connectivity index (χ0) is 46.1. The SMILES string of the molecule is CO[C@H]1C=CC=C(C)C(=O)Nc2cc(O)c(N=CCOCCOCCNC(=O)CCCCC3SC[C@@H]4NC(=O)N[C@H]34)c(c2O)C[C@@H](C)C[C@H](OC)[C@H](O)[C@@H](C)C=C(C)[C@@H]1OC(N)=O. The van der Waals surface area contributed by atoms with E-state index in [4.69, 9.17) is 29.4 Å². The molecule has 0 aliphatic carbocycles. The number of aliphatic hydroxyl groups is 1. The Labute approximate surface area is 373 Å². The summed E-state index contributed by atoms with van der Waals surface area (Å²) in [5.41, 5.74) is 6.55. The number of fused-ring (bicyclic) bond motifs is 3. The van der Waals surface area contributed by atoms with Gasteiger partial charge in [-0.05, 0) is 51.0 Å². The van der Waals surface area contributed by atoms with Gasteiger partial charge in [0, 0.05) is 67.5 Å². The molecule has 5 amide bonds. The number of nitrogens with one attached hydrogen (secondary N) is 4. The number of aliphatic imine (C=N–C) groups is 1. The number of urea groups is 1. The fourth-order valence-corrected chi connectivity index (χ4v) is 9.39. The Morgan fingerprint density at radius 3 is 2.56 bits per heavy atom. The summed E-state index contributed by atoms with van der Waals surface area (Å²) in [4.78, 5) is 53.4. The molecule has 0 spiro atoms. The quantitative estimate of drug-likeness (QED) is 0.0274. The minimum Gasteiger partial charge on any atom is -0.506 e. The third-order valence-electron chi connectivity index (χ3n) is 11.2. The molecule has 18 nitrogen and oxygen atoms in total. The van der Waals surface area contributed by atoms with Crippen molar-refractivity contribution < 1.29 is 58.2 Å². The predicted octanol–water partition coefficient (Wildman–Crippen LogP) is 4.14. The molecule has 1 unspecified atom stereocenters. The molecule has 2 bridgehead atoms. The summed E-state index contributed by atoms with van der Waals surface area (Å²) >= 11 is 1.87. The summed E-state index contributed by atoms with van der Waals surface area (Å²) in [6.45, 7) is 8.27. The normalized spacial score (nSPS) is 26.9. The van der Waals surface area contributed by atoms with Crippen LogP contribution in [0.25, 0.3) is 0 Å². The van der Waals surface area contributed by atoms with Gasteiger partial charge < -0.3 is 66.0 Å².